The molecule has 0 aromatic heterocycles. The molecule has 4 heteroatoms. The summed E-state index contributed by atoms with van der Waals surface area (Å²) in [5.74, 6) is 1.82. The molecular weight excluding hydrogens is 379 g/mol. The van der Waals surface area contributed by atoms with Gasteiger partial charge >= 0.3 is 5.97 Å². The van der Waals surface area contributed by atoms with Crippen LogP contribution in [0.2, 0.25) is 0 Å². The van der Waals surface area contributed by atoms with Crippen molar-refractivity contribution in [1.29, 1.82) is 0 Å². The Morgan fingerprint density at radius 3 is 2.60 bits per heavy atom. The van der Waals surface area contributed by atoms with E-state index in [9.17, 15) is 4.79 Å². The number of hydrogen-bond acceptors (Lipinski definition) is 3. The predicted molar refractivity (Wildman–Crippen MR) is 116 cm³/mol. The fraction of sp³-hybridized carbons (Fsp3) is 0.731. The molecule has 0 unspecified atom stereocenters. The van der Waals surface area contributed by atoms with Crippen LogP contribution in [0, 0.1) is 34.5 Å². The molecule has 0 saturated heterocycles. The van der Waals surface area contributed by atoms with E-state index in [0.717, 1.165) is 49.9 Å². The fourth-order valence-corrected chi connectivity index (χ4v) is 7.56. The van der Waals surface area contributed by atoms with Gasteiger partial charge in [0.15, 0.2) is 0 Å². The summed E-state index contributed by atoms with van der Waals surface area (Å²) in [4.78, 5) is 12.1. The topological polar surface area (TPSA) is 35.5 Å². The standard InChI is InChI=1S/C26H37FO3/c1-6-16-15-26(4)17(14-22(16)29-5)8-9-18-19-10-11-21(23(27)24(28)30-7-2)25(19,3)13-12-20(18)26/h8,14,16,18-20H,6-7,9-13,15H2,1-5H3/t16-,18+,19+,20+,25+,26+/m1/s1. The summed E-state index contributed by atoms with van der Waals surface area (Å²) in [6, 6.07) is 0. The smallest absolute Gasteiger partial charge is 0.367 e. The van der Waals surface area contributed by atoms with E-state index in [1.54, 1.807) is 14.0 Å². The Balaban J connectivity index is 1.67. The second-order valence-electron chi connectivity index (χ2n) is 10.3. The minimum absolute atomic E-state index is 0.166. The second-order valence-corrected chi connectivity index (χ2v) is 10.3. The van der Waals surface area contributed by atoms with Crippen molar-refractivity contribution >= 4 is 5.97 Å². The number of methoxy groups -OCH3 is 1. The molecular formula is C26H37FO3. The van der Waals surface area contributed by atoms with Crippen LogP contribution in [-0.4, -0.2) is 19.7 Å². The Kier molecular flexibility index (Phi) is 5.65. The van der Waals surface area contributed by atoms with E-state index in [0.29, 0.717) is 30.1 Å². The molecule has 166 valence electrons. The van der Waals surface area contributed by atoms with Crippen molar-refractivity contribution in [1.82, 2.24) is 0 Å². The highest BCUT2D eigenvalue weighted by molar-refractivity contribution is 5.87. The lowest BCUT2D eigenvalue weighted by Crippen LogP contribution is -2.49. The van der Waals surface area contributed by atoms with Crippen molar-refractivity contribution in [2.45, 2.75) is 72.6 Å². The molecule has 4 aliphatic rings. The molecule has 0 radical (unpaired) electrons. The van der Waals surface area contributed by atoms with Gasteiger partial charge in [0.05, 0.1) is 19.5 Å². The molecule has 0 bridgehead atoms. The second kappa shape index (κ2) is 7.84. The number of hydrogen-bond donors (Lipinski definition) is 0. The normalized spacial score (nSPS) is 41.7. The number of allylic oxidation sites excluding steroid dienone is 5. The molecule has 4 aliphatic carbocycles. The lowest BCUT2D eigenvalue weighted by Gasteiger charge is -2.57. The highest BCUT2D eigenvalue weighted by Crippen LogP contribution is 2.66. The van der Waals surface area contributed by atoms with Gasteiger partial charge in [0.25, 0.3) is 0 Å². The minimum atomic E-state index is -0.774. The van der Waals surface area contributed by atoms with Gasteiger partial charge in [-0.3, -0.25) is 0 Å². The van der Waals surface area contributed by atoms with Crippen molar-refractivity contribution in [3.8, 4) is 0 Å². The number of halogens is 1. The Morgan fingerprint density at radius 1 is 1.20 bits per heavy atom. The first-order valence-corrected chi connectivity index (χ1v) is 11.8. The zero-order valence-electron chi connectivity index (χ0n) is 19.2. The van der Waals surface area contributed by atoms with Gasteiger partial charge < -0.3 is 9.47 Å². The van der Waals surface area contributed by atoms with Crippen molar-refractivity contribution in [3.63, 3.8) is 0 Å². The molecule has 0 aliphatic heterocycles. The average Bonchev–Trinajstić information content (AvgIpc) is 3.09. The van der Waals surface area contributed by atoms with Crippen LogP contribution in [-0.2, 0) is 14.3 Å². The molecule has 0 amide bonds. The van der Waals surface area contributed by atoms with Crippen molar-refractivity contribution in [3.05, 3.63) is 34.9 Å². The molecule has 4 rings (SSSR count). The Bertz CT molecular complexity index is 809. The number of carbonyl (C=O) groups excluding carboxylic acids is 1. The highest BCUT2D eigenvalue weighted by atomic mass is 19.1. The van der Waals surface area contributed by atoms with Gasteiger partial charge in [0, 0.05) is 5.92 Å². The summed E-state index contributed by atoms with van der Waals surface area (Å²) < 4.78 is 25.7. The molecule has 0 aromatic carbocycles. The number of carbonyl (C=O) groups is 1. The number of ether oxygens (including phenoxy) is 2. The third-order valence-corrected chi connectivity index (χ3v) is 9.13. The highest BCUT2D eigenvalue weighted by Gasteiger charge is 2.58. The molecule has 0 aromatic rings. The summed E-state index contributed by atoms with van der Waals surface area (Å²) in [6.07, 6.45) is 11.7. The van der Waals surface area contributed by atoms with Gasteiger partial charge in [-0.05, 0) is 97.7 Å². The zero-order valence-corrected chi connectivity index (χ0v) is 19.2. The van der Waals surface area contributed by atoms with E-state index in [2.05, 4.69) is 32.9 Å². The van der Waals surface area contributed by atoms with Crippen LogP contribution in [0.15, 0.2) is 34.9 Å². The zero-order chi connectivity index (χ0) is 21.7. The average molecular weight is 417 g/mol. The molecule has 0 spiro atoms. The number of rotatable bonds is 4. The summed E-state index contributed by atoms with van der Waals surface area (Å²) in [5.41, 5.74) is 2.12. The largest absolute Gasteiger partial charge is 0.501 e. The summed E-state index contributed by atoms with van der Waals surface area (Å²) >= 11 is 0. The van der Waals surface area contributed by atoms with Crippen molar-refractivity contribution < 1.29 is 18.7 Å². The van der Waals surface area contributed by atoms with E-state index in [4.69, 9.17) is 9.47 Å². The van der Waals surface area contributed by atoms with E-state index < -0.39 is 11.8 Å². The monoisotopic (exact) mass is 416 g/mol. The van der Waals surface area contributed by atoms with Gasteiger partial charge in [-0.15, -0.1) is 0 Å². The SMILES string of the molecule is CCOC(=O)C(F)=C1CC[C@H]2[C@@H]3CC=C4C=C(OC)[C@H](CC)C[C@]4(C)[C@H]3CC[C@]12C. The van der Waals surface area contributed by atoms with E-state index in [1.807, 2.05) is 0 Å². The van der Waals surface area contributed by atoms with Crippen LogP contribution in [0.25, 0.3) is 0 Å². The Morgan fingerprint density at radius 2 is 1.93 bits per heavy atom. The summed E-state index contributed by atoms with van der Waals surface area (Å²) in [6.45, 7) is 8.85. The summed E-state index contributed by atoms with van der Waals surface area (Å²) in [7, 11) is 1.79. The lowest BCUT2D eigenvalue weighted by atomic mass is 9.47. The lowest BCUT2D eigenvalue weighted by molar-refractivity contribution is -0.140. The number of fused-ring (bicyclic) bond motifs is 5. The molecule has 0 N–H and O–H groups in total. The van der Waals surface area contributed by atoms with E-state index >= 15 is 4.39 Å². The number of esters is 1. The fourth-order valence-electron chi connectivity index (χ4n) is 7.56. The van der Waals surface area contributed by atoms with E-state index in [1.165, 1.54) is 5.57 Å². The molecule has 2 fully saturated rings. The third-order valence-electron chi connectivity index (χ3n) is 9.13. The molecule has 30 heavy (non-hydrogen) atoms. The van der Waals surface area contributed by atoms with Gasteiger partial charge in [0.1, 0.15) is 0 Å². The van der Waals surface area contributed by atoms with Gasteiger partial charge in [-0.1, -0.05) is 26.8 Å². The molecule has 2 saturated carbocycles. The van der Waals surface area contributed by atoms with Gasteiger partial charge in [0.2, 0.25) is 5.83 Å². The molecule has 0 heterocycles. The maximum Gasteiger partial charge on any atom is 0.367 e. The van der Waals surface area contributed by atoms with Crippen LogP contribution in [0.4, 0.5) is 4.39 Å². The van der Waals surface area contributed by atoms with E-state index in [-0.39, 0.29) is 17.4 Å². The minimum Gasteiger partial charge on any atom is -0.501 e. The van der Waals surface area contributed by atoms with Crippen LogP contribution in [0.1, 0.15) is 72.6 Å². The maximum atomic E-state index is 15.0. The van der Waals surface area contributed by atoms with Crippen molar-refractivity contribution in [2.75, 3.05) is 13.7 Å². The predicted octanol–water partition coefficient (Wildman–Crippen LogP) is 6.51. The van der Waals surface area contributed by atoms with Gasteiger partial charge in [-0.2, -0.15) is 4.39 Å². The Hall–Kier alpha value is -1.58. The third kappa shape index (κ3) is 3.08. The van der Waals surface area contributed by atoms with Crippen LogP contribution >= 0.6 is 0 Å². The van der Waals surface area contributed by atoms with Crippen LogP contribution < -0.4 is 0 Å². The molecule has 6 atom stereocenters. The molecule has 3 nitrogen and oxygen atoms in total. The Labute approximate surface area is 180 Å². The first kappa shape index (κ1) is 21.6. The first-order valence-electron chi connectivity index (χ1n) is 11.8. The quantitative estimate of drug-likeness (QED) is 0.387. The van der Waals surface area contributed by atoms with Gasteiger partial charge in [-0.25, -0.2) is 4.79 Å². The summed E-state index contributed by atoms with van der Waals surface area (Å²) in [5, 5.41) is 0. The first-order chi connectivity index (χ1) is 14.3. The van der Waals surface area contributed by atoms with Crippen LogP contribution in [0.5, 0.6) is 0 Å². The van der Waals surface area contributed by atoms with Crippen molar-refractivity contribution in [2.24, 2.45) is 34.5 Å². The maximum absolute atomic E-state index is 15.0. The van der Waals surface area contributed by atoms with Crippen LogP contribution in [0.3, 0.4) is 0 Å².